The molecule has 0 saturated heterocycles. The van der Waals surface area contributed by atoms with Gasteiger partial charge in [-0.25, -0.2) is 9.59 Å². The summed E-state index contributed by atoms with van der Waals surface area (Å²) in [6.45, 7) is 0. The Kier molecular flexibility index (Phi) is 3.72. The van der Waals surface area contributed by atoms with E-state index in [0.717, 1.165) is 13.2 Å². The summed E-state index contributed by atoms with van der Waals surface area (Å²) in [6, 6.07) is 4.90. The fourth-order valence-corrected chi connectivity index (χ4v) is 1.11. The van der Waals surface area contributed by atoms with Crippen LogP contribution in [0.3, 0.4) is 0 Å². The predicted octanol–water partition coefficient (Wildman–Crippen LogP) is 2.15. The van der Waals surface area contributed by atoms with Gasteiger partial charge in [0.15, 0.2) is 0 Å². The highest BCUT2D eigenvalue weighted by Crippen LogP contribution is 2.20. The molecule has 0 radical (unpaired) electrons. The van der Waals surface area contributed by atoms with E-state index in [1.165, 1.54) is 18.2 Å². The SMILES string of the molecule is COC(=O)c1ccccc1C(=O)OC(F)(F)F. The number of halogens is 3. The van der Waals surface area contributed by atoms with E-state index in [1.54, 1.807) is 0 Å². The molecule has 92 valence electrons. The lowest BCUT2D eigenvalue weighted by molar-refractivity contribution is -0.291. The molecular weight excluding hydrogens is 241 g/mol. The van der Waals surface area contributed by atoms with Crippen molar-refractivity contribution in [2.75, 3.05) is 7.11 Å². The van der Waals surface area contributed by atoms with E-state index < -0.39 is 23.9 Å². The summed E-state index contributed by atoms with van der Waals surface area (Å²) in [6.07, 6.45) is -5.10. The molecule has 0 N–H and O–H groups in total. The lowest BCUT2D eigenvalue weighted by Gasteiger charge is -2.09. The molecule has 0 aliphatic carbocycles. The molecule has 0 spiro atoms. The van der Waals surface area contributed by atoms with Gasteiger partial charge in [0.2, 0.25) is 0 Å². The Morgan fingerprint density at radius 3 is 1.94 bits per heavy atom. The minimum Gasteiger partial charge on any atom is -0.465 e. The van der Waals surface area contributed by atoms with Gasteiger partial charge in [0.05, 0.1) is 18.2 Å². The Labute approximate surface area is 93.9 Å². The zero-order valence-electron chi connectivity index (χ0n) is 8.58. The molecule has 1 aromatic carbocycles. The highest BCUT2D eigenvalue weighted by molar-refractivity contribution is 6.03. The second-order valence-corrected chi connectivity index (χ2v) is 2.87. The van der Waals surface area contributed by atoms with Gasteiger partial charge in [-0.2, -0.15) is 0 Å². The summed E-state index contributed by atoms with van der Waals surface area (Å²) in [7, 11) is 1.05. The van der Waals surface area contributed by atoms with Crippen LogP contribution in [0.4, 0.5) is 13.2 Å². The number of alkyl halides is 3. The Morgan fingerprint density at radius 2 is 1.53 bits per heavy atom. The van der Waals surface area contributed by atoms with Gasteiger partial charge in [0.1, 0.15) is 0 Å². The Hall–Kier alpha value is -2.05. The van der Waals surface area contributed by atoms with Crippen LogP contribution in [0.15, 0.2) is 24.3 Å². The van der Waals surface area contributed by atoms with E-state index in [9.17, 15) is 22.8 Å². The number of rotatable bonds is 2. The summed E-state index contributed by atoms with van der Waals surface area (Å²) in [5, 5.41) is 0. The number of carbonyl (C=O) groups excluding carboxylic acids is 2. The summed E-state index contributed by atoms with van der Waals surface area (Å²) in [5.41, 5.74) is -0.791. The van der Waals surface area contributed by atoms with Crippen LogP contribution in [0.25, 0.3) is 0 Å². The third-order valence-electron chi connectivity index (χ3n) is 1.76. The van der Waals surface area contributed by atoms with Crippen LogP contribution >= 0.6 is 0 Å². The molecule has 0 saturated carbocycles. The average Bonchev–Trinajstić information content (AvgIpc) is 2.25. The number of ether oxygens (including phenoxy) is 2. The second-order valence-electron chi connectivity index (χ2n) is 2.87. The zero-order chi connectivity index (χ0) is 13.1. The number of hydrogen-bond donors (Lipinski definition) is 0. The summed E-state index contributed by atoms with van der Waals surface area (Å²) in [5.74, 6) is -2.57. The Morgan fingerprint density at radius 1 is 1.06 bits per heavy atom. The molecule has 0 amide bonds. The van der Waals surface area contributed by atoms with Crippen molar-refractivity contribution in [1.29, 1.82) is 0 Å². The number of hydrogen-bond acceptors (Lipinski definition) is 4. The maximum absolute atomic E-state index is 11.8. The summed E-state index contributed by atoms with van der Waals surface area (Å²) < 4.78 is 43.1. The molecule has 0 aliphatic heterocycles. The quantitative estimate of drug-likeness (QED) is 0.752. The van der Waals surface area contributed by atoms with Gasteiger partial charge >= 0.3 is 18.3 Å². The molecule has 0 aromatic heterocycles. The van der Waals surface area contributed by atoms with Crippen LogP contribution in [0.5, 0.6) is 0 Å². The summed E-state index contributed by atoms with van der Waals surface area (Å²) in [4.78, 5) is 22.3. The van der Waals surface area contributed by atoms with Gasteiger partial charge in [-0.1, -0.05) is 12.1 Å². The van der Waals surface area contributed by atoms with Crippen LogP contribution in [0.1, 0.15) is 20.7 Å². The molecule has 4 nitrogen and oxygen atoms in total. The van der Waals surface area contributed by atoms with E-state index in [4.69, 9.17) is 0 Å². The molecular formula is C10H7F3O4. The van der Waals surface area contributed by atoms with E-state index in [1.807, 2.05) is 0 Å². The molecule has 1 aromatic rings. The fourth-order valence-electron chi connectivity index (χ4n) is 1.11. The van der Waals surface area contributed by atoms with Gasteiger partial charge in [0.25, 0.3) is 0 Å². The number of methoxy groups -OCH3 is 1. The minimum atomic E-state index is -5.10. The van der Waals surface area contributed by atoms with Gasteiger partial charge in [0, 0.05) is 0 Å². The number of carbonyl (C=O) groups is 2. The Balaban J connectivity index is 3.05. The van der Waals surface area contributed by atoms with Crippen LogP contribution in [0, 0.1) is 0 Å². The fraction of sp³-hybridized carbons (Fsp3) is 0.200. The van der Waals surface area contributed by atoms with Crippen LogP contribution < -0.4 is 0 Å². The molecule has 0 atom stereocenters. The van der Waals surface area contributed by atoms with Crippen LogP contribution in [-0.4, -0.2) is 25.4 Å². The third kappa shape index (κ3) is 3.47. The van der Waals surface area contributed by atoms with Gasteiger partial charge in [-0.05, 0) is 12.1 Å². The van der Waals surface area contributed by atoms with E-state index in [2.05, 4.69) is 9.47 Å². The smallest absolute Gasteiger partial charge is 0.465 e. The van der Waals surface area contributed by atoms with Crippen molar-refractivity contribution < 1.29 is 32.2 Å². The number of esters is 2. The van der Waals surface area contributed by atoms with Crippen molar-refractivity contribution in [2.24, 2.45) is 0 Å². The molecule has 1 rings (SSSR count). The first-order chi connectivity index (χ1) is 7.85. The predicted molar refractivity (Wildman–Crippen MR) is 49.3 cm³/mol. The molecule has 0 unspecified atom stereocenters. The third-order valence-corrected chi connectivity index (χ3v) is 1.76. The van der Waals surface area contributed by atoms with Gasteiger partial charge in [-0.15, -0.1) is 13.2 Å². The lowest BCUT2D eigenvalue weighted by Crippen LogP contribution is -2.21. The first kappa shape index (κ1) is 13.0. The monoisotopic (exact) mass is 248 g/mol. The lowest BCUT2D eigenvalue weighted by atomic mass is 10.1. The maximum atomic E-state index is 11.8. The molecule has 0 bridgehead atoms. The first-order valence-corrected chi connectivity index (χ1v) is 4.32. The zero-order valence-corrected chi connectivity index (χ0v) is 8.58. The number of benzene rings is 1. The van der Waals surface area contributed by atoms with Crippen molar-refractivity contribution in [3.8, 4) is 0 Å². The van der Waals surface area contributed by atoms with Gasteiger partial charge in [-0.3, -0.25) is 0 Å². The van der Waals surface area contributed by atoms with E-state index in [0.29, 0.717) is 0 Å². The minimum absolute atomic E-state index is 0.288. The average molecular weight is 248 g/mol. The highest BCUT2D eigenvalue weighted by atomic mass is 19.4. The molecule has 0 aliphatic rings. The maximum Gasteiger partial charge on any atom is 0.575 e. The molecule has 0 heterocycles. The molecule has 7 heteroatoms. The molecule has 17 heavy (non-hydrogen) atoms. The largest absolute Gasteiger partial charge is 0.575 e. The first-order valence-electron chi connectivity index (χ1n) is 4.32. The Bertz CT molecular complexity index is 439. The van der Waals surface area contributed by atoms with Crippen molar-refractivity contribution in [3.63, 3.8) is 0 Å². The normalized spacial score (nSPS) is 10.8. The second kappa shape index (κ2) is 4.86. The van der Waals surface area contributed by atoms with Crippen molar-refractivity contribution >= 4 is 11.9 Å². The van der Waals surface area contributed by atoms with Crippen molar-refractivity contribution in [3.05, 3.63) is 35.4 Å². The van der Waals surface area contributed by atoms with Gasteiger partial charge < -0.3 is 9.47 Å². The van der Waals surface area contributed by atoms with E-state index in [-0.39, 0.29) is 5.56 Å². The topological polar surface area (TPSA) is 52.6 Å². The standard InChI is InChI=1S/C10H7F3O4/c1-16-8(14)6-4-2-3-5-7(6)9(15)17-10(11,12)13/h2-5H,1H3. The van der Waals surface area contributed by atoms with Crippen LogP contribution in [0.2, 0.25) is 0 Å². The van der Waals surface area contributed by atoms with Crippen molar-refractivity contribution in [1.82, 2.24) is 0 Å². The summed E-state index contributed by atoms with van der Waals surface area (Å²) >= 11 is 0. The van der Waals surface area contributed by atoms with E-state index >= 15 is 0 Å². The van der Waals surface area contributed by atoms with Crippen molar-refractivity contribution in [2.45, 2.75) is 6.36 Å². The highest BCUT2D eigenvalue weighted by Gasteiger charge is 2.35. The molecule has 0 fully saturated rings. The van der Waals surface area contributed by atoms with Crippen LogP contribution in [-0.2, 0) is 9.47 Å².